The number of rotatable bonds is 40. The average Bonchev–Trinajstić information content (AvgIpc) is 3.18. The molecule has 12 heteroatoms. The summed E-state index contributed by atoms with van der Waals surface area (Å²) in [4.78, 5) is 34.9. The first-order valence-electron chi connectivity index (χ1n) is 21.7. The van der Waals surface area contributed by atoms with Gasteiger partial charge in [0.2, 0.25) is 0 Å². The molecule has 1 unspecified atom stereocenters. The lowest BCUT2D eigenvalue weighted by Gasteiger charge is -2.20. The Labute approximate surface area is 339 Å². The van der Waals surface area contributed by atoms with Crippen LogP contribution in [0.2, 0.25) is 0 Å². The van der Waals surface area contributed by atoms with Crippen molar-refractivity contribution in [1.29, 1.82) is 0 Å². The molecule has 0 aliphatic carbocycles. The summed E-state index contributed by atoms with van der Waals surface area (Å²) in [6.07, 6.45) is 38.2. The van der Waals surface area contributed by atoms with E-state index in [1.807, 2.05) is 36.5 Å². The fourth-order valence-corrected chi connectivity index (χ4v) is 6.45. The first kappa shape index (κ1) is 53.9. The van der Waals surface area contributed by atoms with Crippen molar-refractivity contribution < 1.29 is 52.9 Å². The van der Waals surface area contributed by atoms with Crippen molar-refractivity contribution in [1.82, 2.24) is 0 Å². The summed E-state index contributed by atoms with van der Waals surface area (Å²) < 4.78 is 32.6. The van der Waals surface area contributed by atoms with E-state index in [4.69, 9.17) is 19.1 Å². The van der Waals surface area contributed by atoms with E-state index in [1.165, 1.54) is 89.9 Å². The molecule has 56 heavy (non-hydrogen) atoms. The monoisotopic (exact) mass is 815 g/mol. The maximum absolute atomic E-state index is 12.6. The molecule has 0 aliphatic rings. The van der Waals surface area contributed by atoms with Gasteiger partial charge < -0.3 is 29.7 Å². The summed E-state index contributed by atoms with van der Waals surface area (Å²) in [7, 11) is -4.64. The van der Waals surface area contributed by atoms with Gasteiger partial charge in [-0.3, -0.25) is 18.6 Å². The molecule has 0 spiro atoms. The van der Waals surface area contributed by atoms with E-state index in [1.54, 1.807) is 6.08 Å². The number of hydrogen-bond donors (Lipinski definition) is 4. The zero-order valence-corrected chi connectivity index (χ0v) is 35.8. The highest BCUT2D eigenvalue weighted by Crippen LogP contribution is 2.43. The second-order valence-electron chi connectivity index (χ2n) is 14.6. The number of carbonyl (C=O) groups excluding carboxylic acids is 2. The van der Waals surface area contributed by atoms with Gasteiger partial charge in [0, 0.05) is 12.8 Å². The Balaban J connectivity index is 4.45. The van der Waals surface area contributed by atoms with Gasteiger partial charge in [-0.05, 0) is 44.9 Å². The first-order chi connectivity index (χ1) is 27.1. The molecule has 0 fully saturated rings. The Morgan fingerprint density at radius 1 is 0.607 bits per heavy atom. The number of esters is 2. The van der Waals surface area contributed by atoms with Gasteiger partial charge in [-0.2, -0.15) is 0 Å². The summed E-state index contributed by atoms with van der Waals surface area (Å²) in [6.45, 7) is 2.20. The van der Waals surface area contributed by atoms with Crippen molar-refractivity contribution in [3.63, 3.8) is 0 Å². The van der Waals surface area contributed by atoms with E-state index in [-0.39, 0.29) is 19.4 Å². The lowest BCUT2D eigenvalue weighted by Crippen LogP contribution is -2.29. The van der Waals surface area contributed by atoms with Crippen molar-refractivity contribution in [2.24, 2.45) is 0 Å². The van der Waals surface area contributed by atoms with Crippen LogP contribution in [0.5, 0.6) is 0 Å². The zero-order valence-electron chi connectivity index (χ0n) is 35.0. The van der Waals surface area contributed by atoms with Gasteiger partial charge in [0.15, 0.2) is 6.10 Å². The predicted octanol–water partition coefficient (Wildman–Crippen LogP) is 10.3. The largest absolute Gasteiger partial charge is 0.472 e. The number of hydrogen-bond acceptors (Lipinski definition) is 10. The topological polar surface area (TPSA) is 169 Å². The highest BCUT2D eigenvalue weighted by Gasteiger charge is 2.27. The Morgan fingerprint density at radius 3 is 1.77 bits per heavy atom. The number of aliphatic hydroxyl groups excluding tert-OH is 3. The highest BCUT2D eigenvalue weighted by atomic mass is 31.2. The molecule has 0 radical (unpaired) electrons. The van der Waals surface area contributed by atoms with Crippen LogP contribution in [0.4, 0.5) is 0 Å². The zero-order chi connectivity index (χ0) is 41.4. The van der Waals surface area contributed by atoms with Gasteiger partial charge in [-0.25, -0.2) is 4.57 Å². The van der Waals surface area contributed by atoms with Gasteiger partial charge in [0.1, 0.15) is 12.7 Å². The molecule has 326 valence electrons. The number of phosphoric acid groups is 1. The third-order valence-electron chi connectivity index (χ3n) is 9.07. The third kappa shape index (κ3) is 38.7. The molecule has 11 nitrogen and oxygen atoms in total. The van der Waals surface area contributed by atoms with E-state index in [0.29, 0.717) is 32.1 Å². The molecule has 4 N–H and O–H groups in total. The van der Waals surface area contributed by atoms with Crippen molar-refractivity contribution in [3.8, 4) is 0 Å². The van der Waals surface area contributed by atoms with E-state index in [9.17, 15) is 29.3 Å². The summed E-state index contributed by atoms with van der Waals surface area (Å²) in [5.41, 5.74) is 0. The average molecular weight is 815 g/mol. The van der Waals surface area contributed by atoms with Crippen LogP contribution >= 0.6 is 7.82 Å². The molecular formula is C44H79O11P. The molecule has 0 aromatic heterocycles. The molecule has 0 amide bonds. The first-order valence-corrected chi connectivity index (χ1v) is 23.2. The van der Waals surface area contributed by atoms with Crippen LogP contribution in [0.15, 0.2) is 48.6 Å². The number of allylic oxidation sites excluding steroid dienone is 6. The maximum Gasteiger partial charge on any atom is 0.472 e. The van der Waals surface area contributed by atoms with Gasteiger partial charge in [0.25, 0.3) is 0 Å². The van der Waals surface area contributed by atoms with E-state index < -0.39 is 57.9 Å². The smallest absolute Gasteiger partial charge is 0.462 e. The number of phosphoric ester groups is 1. The number of carbonyl (C=O) groups is 2. The third-order valence-corrected chi connectivity index (χ3v) is 10.0. The van der Waals surface area contributed by atoms with Gasteiger partial charge in [-0.1, -0.05) is 165 Å². The molecule has 0 rings (SSSR count). The molecular weight excluding hydrogens is 735 g/mol. The second-order valence-corrected chi connectivity index (χ2v) is 16.0. The Kier molecular flexibility index (Phi) is 38.2. The molecule has 4 atom stereocenters. The number of ether oxygens (including phenoxy) is 2. The maximum atomic E-state index is 12.6. The van der Waals surface area contributed by atoms with Crippen LogP contribution in [0.3, 0.4) is 0 Å². The minimum absolute atomic E-state index is 0.134. The highest BCUT2D eigenvalue weighted by molar-refractivity contribution is 7.47. The van der Waals surface area contributed by atoms with Crippen molar-refractivity contribution in [2.75, 3.05) is 26.4 Å². The summed E-state index contributed by atoms with van der Waals surface area (Å²) in [6, 6.07) is 0. The number of unbranched alkanes of at least 4 members (excludes halogenated alkanes) is 18. The fraction of sp³-hybridized carbons (Fsp3) is 0.773. The predicted molar refractivity (Wildman–Crippen MR) is 225 cm³/mol. The molecule has 0 heterocycles. The minimum Gasteiger partial charge on any atom is -0.462 e. The fourth-order valence-electron chi connectivity index (χ4n) is 5.66. The quantitative estimate of drug-likeness (QED) is 0.0153. The number of aliphatic hydroxyl groups is 3. The summed E-state index contributed by atoms with van der Waals surface area (Å²) in [5, 5.41) is 28.3. The van der Waals surface area contributed by atoms with Crippen molar-refractivity contribution in [2.45, 2.75) is 193 Å². The van der Waals surface area contributed by atoms with E-state index in [0.717, 1.165) is 25.7 Å². The standard InChI is InChI=1S/C44H79O11P/c1-3-5-7-9-11-12-13-14-15-16-17-18-23-27-31-35-44(49)55-42(39-54-56(50,51)53-37-41(47)36-45)38-52-43(48)34-30-26-22-20-19-21-25-29-33-40(46)32-28-24-10-8-6-4-2/h20-22,24-25,28-29,33,40-42,45-47H,3-19,23,26-27,30-32,34-39H2,1-2H3,(H,50,51)/b22-20-,25-21-,28-24-,33-29+/t40-,41+,42-/m1/s1. The Morgan fingerprint density at radius 2 is 1.14 bits per heavy atom. The van der Waals surface area contributed by atoms with Gasteiger partial charge >= 0.3 is 19.8 Å². The van der Waals surface area contributed by atoms with Crippen LogP contribution < -0.4 is 0 Å². The van der Waals surface area contributed by atoms with Crippen molar-refractivity contribution in [3.05, 3.63) is 48.6 Å². The van der Waals surface area contributed by atoms with Crippen LogP contribution in [-0.4, -0.2) is 76.9 Å². The molecule has 0 bridgehead atoms. The Hall–Kier alpha value is -2.11. The molecule has 0 saturated heterocycles. The SMILES string of the molecule is CCCCC/C=C\C[C@@H](O)/C=C/C=C\C/C=C\CCCC(=O)OC[C@H](COP(=O)(O)OC[C@@H](O)CO)OC(=O)CCCCCCCCCCCCCCCCC. The summed E-state index contributed by atoms with van der Waals surface area (Å²) in [5.74, 6) is -1.03. The van der Waals surface area contributed by atoms with Crippen LogP contribution in [0, 0.1) is 0 Å². The van der Waals surface area contributed by atoms with Crippen LogP contribution in [0.25, 0.3) is 0 Å². The molecule has 0 saturated carbocycles. The Bertz CT molecular complexity index is 1090. The lowest BCUT2D eigenvalue weighted by molar-refractivity contribution is -0.161. The van der Waals surface area contributed by atoms with Crippen molar-refractivity contribution >= 4 is 19.8 Å². The van der Waals surface area contributed by atoms with Crippen LogP contribution in [-0.2, 0) is 32.7 Å². The minimum atomic E-state index is -4.64. The van der Waals surface area contributed by atoms with E-state index in [2.05, 4.69) is 24.4 Å². The normalized spacial score (nSPS) is 14.9. The molecule has 0 aromatic rings. The van der Waals surface area contributed by atoms with Gasteiger partial charge in [-0.15, -0.1) is 0 Å². The van der Waals surface area contributed by atoms with Gasteiger partial charge in [0.05, 0.1) is 25.9 Å². The summed E-state index contributed by atoms with van der Waals surface area (Å²) >= 11 is 0. The molecule has 0 aliphatic heterocycles. The van der Waals surface area contributed by atoms with E-state index >= 15 is 0 Å². The second kappa shape index (κ2) is 39.7. The lowest BCUT2D eigenvalue weighted by atomic mass is 10.0. The molecule has 0 aromatic carbocycles. The van der Waals surface area contributed by atoms with Crippen LogP contribution in [0.1, 0.15) is 174 Å².